The molecular weight excluding hydrogens is 272 g/mol. The second kappa shape index (κ2) is 5.65. The van der Waals surface area contributed by atoms with Crippen molar-refractivity contribution in [2.75, 3.05) is 18.8 Å². The molecule has 4 heteroatoms. The van der Waals surface area contributed by atoms with Gasteiger partial charge >= 0.3 is 0 Å². The Morgan fingerprint density at radius 3 is 2.75 bits per heavy atom. The quantitative estimate of drug-likeness (QED) is 0.804. The van der Waals surface area contributed by atoms with Crippen LogP contribution >= 0.6 is 11.6 Å². The van der Waals surface area contributed by atoms with Gasteiger partial charge in [-0.05, 0) is 42.9 Å². The van der Waals surface area contributed by atoms with Crippen LogP contribution in [0, 0.1) is 11.8 Å². The molecule has 3 rings (SSSR count). The summed E-state index contributed by atoms with van der Waals surface area (Å²) in [6.45, 7) is 1.74. The molecular formula is C16H21ClN2O. The summed E-state index contributed by atoms with van der Waals surface area (Å²) >= 11 is 6.14. The highest BCUT2D eigenvalue weighted by Gasteiger charge is 2.33. The number of hydrogen-bond donors (Lipinski definition) is 1. The second-order valence-electron chi connectivity index (χ2n) is 6.08. The van der Waals surface area contributed by atoms with E-state index in [1.165, 1.54) is 25.7 Å². The number of rotatable bonds is 1. The van der Waals surface area contributed by atoms with Gasteiger partial charge in [0.05, 0.1) is 10.6 Å². The zero-order chi connectivity index (χ0) is 14.1. The van der Waals surface area contributed by atoms with Crippen LogP contribution < -0.4 is 5.73 Å². The van der Waals surface area contributed by atoms with Crippen LogP contribution in [0.4, 0.5) is 5.69 Å². The van der Waals surface area contributed by atoms with Gasteiger partial charge in [0.2, 0.25) is 0 Å². The number of nitrogens with two attached hydrogens (primary N) is 1. The zero-order valence-electron chi connectivity index (χ0n) is 11.6. The first-order valence-corrected chi connectivity index (χ1v) is 7.87. The average molecular weight is 293 g/mol. The molecule has 2 N–H and O–H groups in total. The SMILES string of the molecule is Nc1ccc(Cl)c(C(=O)N2CCC3CCCCC3C2)c1. The summed E-state index contributed by atoms with van der Waals surface area (Å²) in [7, 11) is 0. The number of carbonyl (C=O) groups excluding carboxylic acids is 1. The molecule has 2 aliphatic rings. The van der Waals surface area contributed by atoms with Gasteiger partial charge in [-0.15, -0.1) is 0 Å². The number of piperidine rings is 1. The Morgan fingerprint density at radius 1 is 1.20 bits per heavy atom. The van der Waals surface area contributed by atoms with Crippen LogP contribution in [0.2, 0.25) is 5.02 Å². The Kier molecular flexibility index (Phi) is 3.88. The molecule has 0 bridgehead atoms. The largest absolute Gasteiger partial charge is 0.399 e. The molecule has 1 heterocycles. The third kappa shape index (κ3) is 2.64. The predicted molar refractivity (Wildman–Crippen MR) is 81.8 cm³/mol. The third-order valence-electron chi connectivity index (χ3n) is 4.80. The van der Waals surface area contributed by atoms with Crippen LogP contribution in [-0.2, 0) is 0 Å². The van der Waals surface area contributed by atoms with Gasteiger partial charge in [-0.2, -0.15) is 0 Å². The molecule has 3 nitrogen and oxygen atoms in total. The molecule has 1 aliphatic carbocycles. The predicted octanol–water partition coefficient (Wildman–Crippen LogP) is 3.57. The number of likely N-dealkylation sites (tertiary alicyclic amines) is 1. The summed E-state index contributed by atoms with van der Waals surface area (Å²) < 4.78 is 0. The second-order valence-corrected chi connectivity index (χ2v) is 6.49. The molecule has 0 aromatic heterocycles. The molecule has 1 aromatic rings. The van der Waals surface area contributed by atoms with E-state index in [4.69, 9.17) is 17.3 Å². The van der Waals surface area contributed by atoms with Gasteiger partial charge < -0.3 is 10.6 Å². The highest BCUT2D eigenvalue weighted by atomic mass is 35.5. The summed E-state index contributed by atoms with van der Waals surface area (Å²) in [5, 5.41) is 0.495. The van der Waals surface area contributed by atoms with E-state index < -0.39 is 0 Å². The van der Waals surface area contributed by atoms with Gasteiger partial charge in [-0.3, -0.25) is 4.79 Å². The van der Waals surface area contributed by atoms with Crippen molar-refractivity contribution >= 4 is 23.2 Å². The van der Waals surface area contributed by atoms with Crippen LogP contribution in [0.3, 0.4) is 0 Å². The lowest BCUT2D eigenvalue weighted by Gasteiger charge is -2.41. The summed E-state index contributed by atoms with van der Waals surface area (Å²) in [6, 6.07) is 5.13. The smallest absolute Gasteiger partial charge is 0.255 e. The maximum absolute atomic E-state index is 12.6. The topological polar surface area (TPSA) is 46.3 Å². The van der Waals surface area contributed by atoms with Crippen molar-refractivity contribution in [2.45, 2.75) is 32.1 Å². The number of amides is 1. The minimum atomic E-state index is 0.0336. The van der Waals surface area contributed by atoms with E-state index in [1.54, 1.807) is 18.2 Å². The minimum Gasteiger partial charge on any atom is -0.399 e. The molecule has 0 radical (unpaired) electrons. The van der Waals surface area contributed by atoms with E-state index in [2.05, 4.69) is 0 Å². The fraction of sp³-hybridized carbons (Fsp3) is 0.562. The van der Waals surface area contributed by atoms with Crippen molar-refractivity contribution in [3.63, 3.8) is 0 Å². The summed E-state index contributed by atoms with van der Waals surface area (Å²) in [6.07, 6.45) is 6.40. The summed E-state index contributed by atoms with van der Waals surface area (Å²) in [5.41, 5.74) is 6.90. The fourth-order valence-corrected chi connectivity index (χ4v) is 3.86. The summed E-state index contributed by atoms with van der Waals surface area (Å²) in [4.78, 5) is 14.6. The van der Waals surface area contributed by atoms with E-state index in [9.17, 15) is 4.79 Å². The third-order valence-corrected chi connectivity index (χ3v) is 5.13. The minimum absolute atomic E-state index is 0.0336. The first-order valence-electron chi connectivity index (χ1n) is 7.49. The van der Waals surface area contributed by atoms with E-state index in [0.717, 1.165) is 25.4 Å². The summed E-state index contributed by atoms with van der Waals surface area (Å²) in [5.74, 6) is 1.54. The Hall–Kier alpha value is -1.22. The van der Waals surface area contributed by atoms with Gasteiger partial charge in [-0.25, -0.2) is 0 Å². The number of halogens is 1. The molecule has 0 spiro atoms. The van der Waals surface area contributed by atoms with E-state index in [-0.39, 0.29) is 5.91 Å². The molecule has 20 heavy (non-hydrogen) atoms. The molecule has 1 saturated carbocycles. The number of nitrogen functional groups attached to an aromatic ring is 1. The number of carbonyl (C=O) groups is 1. The maximum Gasteiger partial charge on any atom is 0.255 e. The Balaban J connectivity index is 1.76. The molecule has 1 aromatic carbocycles. The normalized spacial score (nSPS) is 26.1. The number of benzene rings is 1. The van der Waals surface area contributed by atoms with E-state index >= 15 is 0 Å². The lowest BCUT2D eigenvalue weighted by molar-refractivity contribution is 0.0521. The van der Waals surface area contributed by atoms with Crippen molar-refractivity contribution in [1.29, 1.82) is 0 Å². The van der Waals surface area contributed by atoms with Gasteiger partial charge in [0.15, 0.2) is 0 Å². The van der Waals surface area contributed by atoms with E-state index in [0.29, 0.717) is 22.2 Å². The molecule has 2 unspecified atom stereocenters. The van der Waals surface area contributed by atoms with Crippen molar-refractivity contribution in [2.24, 2.45) is 11.8 Å². The van der Waals surface area contributed by atoms with Crippen LogP contribution in [0.25, 0.3) is 0 Å². The standard InChI is InChI=1S/C16H21ClN2O/c17-15-6-5-13(18)9-14(15)16(20)19-8-7-11-3-1-2-4-12(11)10-19/h5-6,9,11-12H,1-4,7-8,10,18H2. The lowest BCUT2D eigenvalue weighted by Crippen LogP contribution is -2.44. The maximum atomic E-state index is 12.6. The molecule has 1 aliphatic heterocycles. The number of nitrogens with zero attached hydrogens (tertiary/aromatic N) is 1. The number of hydrogen-bond acceptors (Lipinski definition) is 2. The van der Waals surface area contributed by atoms with Crippen LogP contribution in [0.15, 0.2) is 18.2 Å². The van der Waals surface area contributed by atoms with E-state index in [1.807, 2.05) is 4.90 Å². The average Bonchev–Trinajstić information content (AvgIpc) is 2.48. The fourth-order valence-electron chi connectivity index (χ4n) is 3.66. The Labute approximate surface area is 125 Å². The molecule has 1 saturated heterocycles. The van der Waals surface area contributed by atoms with Crippen LogP contribution in [-0.4, -0.2) is 23.9 Å². The molecule has 2 atom stereocenters. The number of anilines is 1. The van der Waals surface area contributed by atoms with Crippen molar-refractivity contribution < 1.29 is 4.79 Å². The van der Waals surface area contributed by atoms with Gasteiger partial charge in [0, 0.05) is 18.8 Å². The highest BCUT2D eigenvalue weighted by molar-refractivity contribution is 6.34. The highest BCUT2D eigenvalue weighted by Crippen LogP contribution is 2.36. The monoisotopic (exact) mass is 292 g/mol. The van der Waals surface area contributed by atoms with Crippen molar-refractivity contribution in [3.05, 3.63) is 28.8 Å². The van der Waals surface area contributed by atoms with Crippen LogP contribution in [0.1, 0.15) is 42.5 Å². The van der Waals surface area contributed by atoms with Crippen molar-refractivity contribution in [1.82, 2.24) is 4.90 Å². The molecule has 108 valence electrons. The number of fused-ring (bicyclic) bond motifs is 1. The Bertz CT molecular complexity index is 517. The van der Waals surface area contributed by atoms with Crippen LogP contribution in [0.5, 0.6) is 0 Å². The first-order chi connectivity index (χ1) is 9.65. The lowest BCUT2D eigenvalue weighted by atomic mass is 9.75. The van der Waals surface area contributed by atoms with Gasteiger partial charge in [0.25, 0.3) is 5.91 Å². The van der Waals surface area contributed by atoms with Gasteiger partial charge in [0.1, 0.15) is 0 Å². The van der Waals surface area contributed by atoms with Crippen molar-refractivity contribution in [3.8, 4) is 0 Å². The molecule has 2 fully saturated rings. The zero-order valence-corrected chi connectivity index (χ0v) is 12.4. The first kappa shape index (κ1) is 13.7. The molecule has 1 amide bonds. The van der Waals surface area contributed by atoms with Gasteiger partial charge in [-0.1, -0.05) is 30.9 Å². The Morgan fingerprint density at radius 2 is 1.95 bits per heavy atom.